The van der Waals surface area contributed by atoms with E-state index in [0.29, 0.717) is 6.04 Å². The Labute approximate surface area is 161 Å². The first-order valence-corrected chi connectivity index (χ1v) is 10.3. The maximum absolute atomic E-state index is 10.7. The number of hydrogen-bond acceptors (Lipinski definition) is 2. The Bertz CT molecular complexity index is 959. The van der Waals surface area contributed by atoms with Crippen LogP contribution < -0.4 is 0 Å². The molecule has 3 aromatic rings. The first kappa shape index (κ1) is 17.0. The van der Waals surface area contributed by atoms with Gasteiger partial charge in [-0.05, 0) is 55.9 Å². The Morgan fingerprint density at radius 1 is 1.11 bits per heavy atom. The van der Waals surface area contributed by atoms with Crippen LogP contribution in [0.5, 0.6) is 0 Å². The molecule has 0 fully saturated rings. The first-order chi connectivity index (χ1) is 13.2. The highest BCUT2D eigenvalue weighted by Gasteiger charge is 2.35. The molecule has 1 aromatic heterocycles. The van der Waals surface area contributed by atoms with E-state index in [2.05, 4.69) is 58.9 Å². The maximum atomic E-state index is 10.7. The predicted octanol–water partition coefficient (Wildman–Crippen LogP) is 4.25. The zero-order valence-electron chi connectivity index (χ0n) is 16.1. The van der Waals surface area contributed by atoms with Gasteiger partial charge in [0.25, 0.3) is 0 Å². The summed E-state index contributed by atoms with van der Waals surface area (Å²) in [5.74, 6) is 0. The van der Waals surface area contributed by atoms with Crippen molar-refractivity contribution in [1.29, 1.82) is 0 Å². The van der Waals surface area contributed by atoms with E-state index < -0.39 is 0 Å². The van der Waals surface area contributed by atoms with Crippen molar-refractivity contribution in [3.63, 3.8) is 0 Å². The topological polar surface area (TPSA) is 28.4 Å². The number of aliphatic hydroxyl groups is 1. The third kappa shape index (κ3) is 2.99. The standard InChI is InChI=1S/C24H28N2O/c1-17-10-11-22-21(14-17)20-8-5-9-23-24(20)26(22)13-12-25(23)16-19(27)15-18-6-3-2-4-7-18/h2-4,6-7,10-11,14,19,23,27H,5,8-9,12-13,15-16H2,1H3/t19-,23-/m0/s1. The highest BCUT2D eigenvalue weighted by Crippen LogP contribution is 2.42. The van der Waals surface area contributed by atoms with E-state index in [4.69, 9.17) is 0 Å². The average Bonchev–Trinajstić information content (AvgIpc) is 2.99. The highest BCUT2D eigenvalue weighted by atomic mass is 16.3. The first-order valence-electron chi connectivity index (χ1n) is 10.3. The van der Waals surface area contributed by atoms with Gasteiger partial charge in [-0.3, -0.25) is 4.90 Å². The lowest BCUT2D eigenvalue weighted by Gasteiger charge is -2.40. The van der Waals surface area contributed by atoms with Crippen molar-refractivity contribution < 1.29 is 5.11 Å². The Morgan fingerprint density at radius 3 is 2.81 bits per heavy atom. The number of hydrogen-bond donors (Lipinski definition) is 1. The van der Waals surface area contributed by atoms with Gasteiger partial charge in [0.05, 0.1) is 12.1 Å². The molecule has 1 aliphatic heterocycles. The number of benzene rings is 2. The van der Waals surface area contributed by atoms with Gasteiger partial charge in [0.1, 0.15) is 0 Å². The Hall–Kier alpha value is -2.10. The van der Waals surface area contributed by atoms with Crippen molar-refractivity contribution in [3.05, 3.63) is 70.9 Å². The van der Waals surface area contributed by atoms with Gasteiger partial charge in [0.2, 0.25) is 0 Å². The fourth-order valence-electron chi connectivity index (χ4n) is 5.23. The molecule has 0 amide bonds. The summed E-state index contributed by atoms with van der Waals surface area (Å²) in [7, 11) is 0. The molecule has 0 saturated heterocycles. The minimum absolute atomic E-state index is 0.309. The third-order valence-corrected chi connectivity index (χ3v) is 6.40. The van der Waals surface area contributed by atoms with Crippen LogP contribution >= 0.6 is 0 Å². The van der Waals surface area contributed by atoms with Crippen molar-refractivity contribution >= 4 is 10.9 Å². The molecule has 0 radical (unpaired) electrons. The molecule has 1 N–H and O–H groups in total. The molecule has 2 atom stereocenters. The van der Waals surface area contributed by atoms with Crippen LogP contribution in [-0.4, -0.2) is 33.8 Å². The summed E-state index contributed by atoms with van der Waals surface area (Å²) in [6.45, 7) is 5.01. The summed E-state index contributed by atoms with van der Waals surface area (Å²) < 4.78 is 2.56. The van der Waals surface area contributed by atoms with E-state index in [9.17, 15) is 5.11 Å². The maximum Gasteiger partial charge on any atom is 0.0707 e. The van der Waals surface area contributed by atoms with Gasteiger partial charge in [-0.1, -0.05) is 42.0 Å². The molecule has 0 bridgehead atoms. The minimum atomic E-state index is -0.309. The van der Waals surface area contributed by atoms with Gasteiger partial charge < -0.3 is 9.67 Å². The van der Waals surface area contributed by atoms with E-state index >= 15 is 0 Å². The van der Waals surface area contributed by atoms with Crippen LogP contribution in [0.4, 0.5) is 0 Å². The van der Waals surface area contributed by atoms with Crippen LogP contribution in [0.25, 0.3) is 10.9 Å². The SMILES string of the molecule is Cc1ccc2c(c1)c1c3n2CCN(C[C@@H](O)Cc2ccccc2)[C@H]3CCC1. The van der Waals surface area contributed by atoms with Crippen LogP contribution in [0.1, 0.15) is 41.3 Å². The molecule has 0 unspecified atom stereocenters. The Morgan fingerprint density at radius 2 is 1.96 bits per heavy atom. The number of aryl methyl sites for hydroxylation is 2. The Kier molecular flexibility index (Phi) is 4.30. The summed E-state index contributed by atoms with van der Waals surface area (Å²) in [5, 5.41) is 12.2. The molecule has 2 aromatic carbocycles. The van der Waals surface area contributed by atoms with E-state index in [-0.39, 0.29) is 6.10 Å². The number of fused-ring (bicyclic) bond motifs is 3. The molecule has 3 nitrogen and oxygen atoms in total. The fourth-order valence-corrected chi connectivity index (χ4v) is 5.23. The normalized spacial score (nSPS) is 20.6. The minimum Gasteiger partial charge on any atom is -0.391 e. The lowest BCUT2D eigenvalue weighted by Crippen LogP contribution is -2.43. The summed E-state index contributed by atoms with van der Waals surface area (Å²) in [4.78, 5) is 2.54. The molecule has 140 valence electrons. The molecule has 5 rings (SSSR count). The number of aromatic nitrogens is 1. The van der Waals surface area contributed by atoms with Crippen molar-refractivity contribution in [1.82, 2.24) is 9.47 Å². The molecule has 1 aliphatic carbocycles. The second kappa shape index (κ2) is 6.81. The predicted molar refractivity (Wildman–Crippen MR) is 110 cm³/mol. The molecule has 0 saturated carbocycles. The van der Waals surface area contributed by atoms with Crippen LogP contribution in [0, 0.1) is 6.92 Å². The molecule has 0 spiro atoms. The highest BCUT2D eigenvalue weighted by molar-refractivity contribution is 5.87. The third-order valence-electron chi connectivity index (χ3n) is 6.40. The van der Waals surface area contributed by atoms with E-state index in [1.807, 2.05) is 6.07 Å². The number of aliphatic hydroxyl groups excluding tert-OH is 1. The number of nitrogens with zero attached hydrogens (tertiary/aromatic N) is 2. The van der Waals surface area contributed by atoms with E-state index in [0.717, 1.165) is 26.1 Å². The number of β-amino-alcohol motifs (C(OH)–C–C–N with tert-alkyl or cyclic N) is 1. The van der Waals surface area contributed by atoms with Crippen molar-refractivity contribution in [2.45, 2.75) is 51.3 Å². The summed E-state index contributed by atoms with van der Waals surface area (Å²) in [6, 6.07) is 17.7. The van der Waals surface area contributed by atoms with Crippen LogP contribution in [0.2, 0.25) is 0 Å². The van der Waals surface area contributed by atoms with Crippen LogP contribution in [-0.2, 0) is 19.4 Å². The van der Waals surface area contributed by atoms with Gasteiger partial charge in [-0.15, -0.1) is 0 Å². The molecule has 27 heavy (non-hydrogen) atoms. The molecule has 3 heteroatoms. The van der Waals surface area contributed by atoms with Gasteiger partial charge in [0, 0.05) is 36.2 Å². The summed E-state index contributed by atoms with van der Waals surface area (Å²) in [5.41, 5.74) is 7.06. The quantitative estimate of drug-likeness (QED) is 0.753. The second-order valence-corrected chi connectivity index (χ2v) is 8.28. The lowest BCUT2D eigenvalue weighted by atomic mass is 9.89. The zero-order chi connectivity index (χ0) is 18.4. The molecular formula is C24H28N2O. The Balaban J connectivity index is 1.43. The second-order valence-electron chi connectivity index (χ2n) is 8.28. The van der Waals surface area contributed by atoms with Crippen LogP contribution in [0.3, 0.4) is 0 Å². The summed E-state index contributed by atoms with van der Waals surface area (Å²) in [6.07, 6.45) is 4.07. The molecule has 2 aliphatic rings. The van der Waals surface area contributed by atoms with Gasteiger partial charge in [0.15, 0.2) is 0 Å². The summed E-state index contributed by atoms with van der Waals surface area (Å²) >= 11 is 0. The fraction of sp³-hybridized carbons (Fsp3) is 0.417. The van der Waals surface area contributed by atoms with Gasteiger partial charge in [-0.25, -0.2) is 0 Å². The van der Waals surface area contributed by atoms with Crippen molar-refractivity contribution in [2.75, 3.05) is 13.1 Å². The van der Waals surface area contributed by atoms with Gasteiger partial charge in [-0.2, -0.15) is 0 Å². The number of rotatable bonds is 4. The van der Waals surface area contributed by atoms with Crippen molar-refractivity contribution in [2.24, 2.45) is 0 Å². The molecular weight excluding hydrogens is 332 g/mol. The average molecular weight is 361 g/mol. The monoisotopic (exact) mass is 360 g/mol. The lowest BCUT2D eigenvalue weighted by molar-refractivity contribution is 0.0644. The smallest absolute Gasteiger partial charge is 0.0707 e. The van der Waals surface area contributed by atoms with E-state index in [1.54, 1.807) is 5.56 Å². The van der Waals surface area contributed by atoms with Gasteiger partial charge >= 0.3 is 0 Å². The van der Waals surface area contributed by atoms with Crippen LogP contribution in [0.15, 0.2) is 48.5 Å². The van der Waals surface area contributed by atoms with Crippen molar-refractivity contribution in [3.8, 4) is 0 Å². The van der Waals surface area contributed by atoms with E-state index in [1.165, 1.54) is 47.0 Å². The molecule has 2 heterocycles. The largest absolute Gasteiger partial charge is 0.391 e. The zero-order valence-corrected chi connectivity index (χ0v) is 16.1.